The molecule has 7 heteroatoms. The van der Waals surface area contributed by atoms with Gasteiger partial charge in [0.2, 0.25) is 0 Å². The van der Waals surface area contributed by atoms with E-state index in [1.807, 2.05) is 13.0 Å². The minimum absolute atomic E-state index is 0.178. The van der Waals surface area contributed by atoms with Crippen molar-refractivity contribution in [1.29, 1.82) is 0 Å². The quantitative estimate of drug-likeness (QED) is 0.596. The van der Waals surface area contributed by atoms with Crippen LogP contribution in [0, 0.1) is 0 Å². The highest BCUT2D eigenvalue weighted by Gasteiger charge is 2.06. The zero-order valence-corrected chi connectivity index (χ0v) is 14.5. The average Bonchev–Trinajstić information content (AvgIpc) is 2.57. The van der Waals surface area contributed by atoms with Crippen LogP contribution in [0.25, 0.3) is 0 Å². The Labute approximate surface area is 150 Å². The minimum atomic E-state index is -0.391. The maximum Gasteiger partial charge on any atom is 0.277 e. The Kier molecular flexibility index (Phi) is 6.90. The number of hydrogen-bond acceptors (Lipinski definition) is 4. The third-order valence-electron chi connectivity index (χ3n) is 2.85. The number of benzene rings is 2. The number of amides is 1. The number of halogens is 2. The molecule has 126 valence electrons. The lowest BCUT2D eigenvalue weighted by Gasteiger charge is -2.10. The average molecular weight is 367 g/mol. The van der Waals surface area contributed by atoms with Gasteiger partial charge in [-0.15, -0.1) is 0 Å². The number of nitrogens with one attached hydrogen (secondary N) is 1. The highest BCUT2D eigenvalue weighted by Crippen LogP contribution is 2.26. The van der Waals surface area contributed by atoms with Crippen LogP contribution in [0.3, 0.4) is 0 Å². The molecule has 0 saturated carbocycles. The van der Waals surface area contributed by atoms with Gasteiger partial charge in [-0.05, 0) is 36.8 Å². The SMILES string of the molecule is CCOc1ccccc1OCC(=O)NN=Cc1ccc(Cl)c(Cl)c1. The summed E-state index contributed by atoms with van der Waals surface area (Å²) in [6.07, 6.45) is 1.47. The number of hydrazone groups is 1. The zero-order valence-electron chi connectivity index (χ0n) is 13.0. The van der Waals surface area contributed by atoms with Crippen LogP contribution in [0.4, 0.5) is 0 Å². The van der Waals surface area contributed by atoms with Gasteiger partial charge in [-0.3, -0.25) is 4.79 Å². The number of para-hydroxylation sites is 2. The van der Waals surface area contributed by atoms with Crippen molar-refractivity contribution in [2.45, 2.75) is 6.92 Å². The Morgan fingerprint density at radius 1 is 1.12 bits per heavy atom. The molecule has 0 atom stereocenters. The molecule has 0 aliphatic carbocycles. The van der Waals surface area contributed by atoms with E-state index >= 15 is 0 Å². The Hall–Kier alpha value is -2.24. The number of carbonyl (C=O) groups excluding carboxylic acids is 1. The van der Waals surface area contributed by atoms with Crippen molar-refractivity contribution in [2.24, 2.45) is 5.10 Å². The molecule has 2 aromatic carbocycles. The number of hydrogen-bond donors (Lipinski definition) is 1. The molecular weight excluding hydrogens is 351 g/mol. The number of ether oxygens (including phenoxy) is 2. The molecule has 0 saturated heterocycles. The summed E-state index contributed by atoms with van der Waals surface area (Å²) in [4.78, 5) is 11.8. The summed E-state index contributed by atoms with van der Waals surface area (Å²) in [5, 5.41) is 4.72. The van der Waals surface area contributed by atoms with Gasteiger partial charge in [-0.25, -0.2) is 5.43 Å². The van der Waals surface area contributed by atoms with E-state index in [4.69, 9.17) is 32.7 Å². The van der Waals surface area contributed by atoms with Crippen LogP contribution >= 0.6 is 23.2 Å². The van der Waals surface area contributed by atoms with Crippen LogP contribution in [0.5, 0.6) is 11.5 Å². The number of rotatable bonds is 7. The standard InChI is InChI=1S/C17H16Cl2N2O3/c1-2-23-15-5-3-4-6-16(15)24-11-17(22)21-20-10-12-7-8-13(18)14(19)9-12/h3-10H,2,11H2,1H3,(H,21,22). The van der Waals surface area contributed by atoms with E-state index in [-0.39, 0.29) is 6.61 Å². The molecule has 1 amide bonds. The molecule has 0 spiro atoms. The van der Waals surface area contributed by atoms with Gasteiger partial charge in [-0.2, -0.15) is 5.10 Å². The van der Waals surface area contributed by atoms with Gasteiger partial charge in [0, 0.05) is 0 Å². The number of carbonyl (C=O) groups is 1. The van der Waals surface area contributed by atoms with E-state index in [2.05, 4.69) is 10.5 Å². The fourth-order valence-electron chi connectivity index (χ4n) is 1.79. The predicted molar refractivity (Wildman–Crippen MR) is 95.3 cm³/mol. The fraction of sp³-hybridized carbons (Fsp3) is 0.176. The van der Waals surface area contributed by atoms with Crippen LogP contribution in [0.15, 0.2) is 47.6 Å². The molecule has 2 rings (SSSR count). The van der Waals surface area contributed by atoms with Gasteiger partial charge in [0.05, 0.1) is 22.9 Å². The van der Waals surface area contributed by atoms with E-state index in [0.717, 1.165) is 0 Å². The summed E-state index contributed by atoms with van der Waals surface area (Å²) in [5.41, 5.74) is 3.09. The van der Waals surface area contributed by atoms with E-state index in [9.17, 15) is 4.79 Å². The lowest BCUT2D eigenvalue weighted by Crippen LogP contribution is -2.24. The second-order valence-corrected chi connectivity index (χ2v) is 5.45. The molecule has 0 aliphatic heterocycles. The van der Waals surface area contributed by atoms with Gasteiger partial charge < -0.3 is 9.47 Å². The van der Waals surface area contributed by atoms with Crippen molar-refractivity contribution in [2.75, 3.05) is 13.2 Å². The molecule has 1 N–H and O–H groups in total. The Morgan fingerprint density at radius 3 is 2.50 bits per heavy atom. The highest BCUT2D eigenvalue weighted by molar-refractivity contribution is 6.42. The zero-order chi connectivity index (χ0) is 17.4. The highest BCUT2D eigenvalue weighted by atomic mass is 35.5. The van der Waals surface area contributed by atoms with E-state index in [0.29, 0.717) is 33.7 Å². The monoisotopic (exact) mass is 366 g/mol. The smallest absolute Gasteiger partial charge is 0.277 e. The van der Waals surface area contributed by atoms with Crippen LogP contribution in [-0.2, 0) is 4.79 Å². The van der Waals surface area contributed by atoms with Crippen LogP contribution < -0.4 is 14.9 Å². The van der Waals surface area contributed by atoms with Gasteiger partial charge >= 0.3 is 0 Å². The topological polar surface area (TPSA) is 59.9 Å². The van der Waals surface area contributed by atoms with Crippen molar-refractivity contribution in [1.82, 2.24) is 5.43 Å². The first kappa shape index (κ1) is 18.1. The summed E-state index contributed by atoms with van der Waals surface area (Å²) < 4.78 is 10.9. The van der Waals surface area contributed by atoms with Crippen LogP contribution in [0.2, 0.25) is 10.0 Å². The molecule has 0 aromatic heterocycles. The summed E-state index contributed by atoms with van der Waals surface area (Å²) in [6, 6.07) is 12.2. The second-order valence-electron chi connectivity index (χ2n) is 4.64. The second kappa shape index (κ2) is 9.15. The largest absolute Gasteiger partial charge is 0.490 e. The van der Waals surface area contributed by atoms with Crippen molar-refractivity contribution in [3.8, 4) is 11.5 Å². The van der Waals surface area contributed by atoms with Gasteiger partial charge in [0.15, 0.2) is 18.1 Å². The molecular formula is C17H16Cl2N2O3. The number of nitrogens with zero attached hydrogens (tertiary/aromatic N) is 1. The molecule has 0 heterocycles. The maximum absolute atomic E-state index is 11.8. The minimum Gasteiger partial charge on any atom is -0.490 e. The van der Waals surface area contributed by atoms with Crippen molar-refractivity contribution >= 4 is 35.3 Å². The molecule has 0 bridgehead atoms. The Morgan fingerprint density at radius 2 is 1.83 bits per heavy atom. The molecule has 0 radical (unpaired) electrons. The normalized spacial score (nSPS) is 10.6. The van der Waals surface area contributed by atoms with Crippen molar-refractivity contribution in [3.63, 3.8) is 0 Å². The molecule has 24 heavy (non-hydrogen) atoms. The van der Waals surface area contributed by atoms with Crippen molar-refractivity contribution in [3.05, 3.63) is 58.1 Å². The summed E-state index contributed by atoms with van der Waals surface area (Å²) in [5.74, 6) is 0.702. The summed E-state index contributed by atoms with van der Waals surface area (Å²) >= 11 is 11.7. The van der Waals surface area contributed by atoms with E-state index < -0.39 is 5.91 Å². The molecule has 2 aromatic rings. The van der Waals surface area contributed by atoms with Crippen molar-refractivity contribution < 1.29 is 14.3 Å². The fourth-order valence-corrected chi connectivity index (χ4v) is 2.10. The summed E-state index contributed by atoms with van der Waals surface area (Å²) in [7, 11) is 0. The first-order valence-corrected chi connectivity index (χ1v) is 7.97. The van der Waals surface area contributed by atoms with Gasteiger partial charge in [-0.1, -0.05) is 41.4 Å². The Balaban J connectivity index is 1.85. The molecule has 0 fully saturated rings. The third-order valence-corrected chi connectivity index (χ3v) is 3.59. The third kappa shape index (κ3) is 5.44. The molecule has 0 unspecified atom stereocenters. The van der Waals surface area contributed by atoms with Gasteiger partial charge in [0.1, 0.15) is 0 Å². The van der Waals surface area contributed by atoms with Crippen LogP contribution in [0.1, 0.15) is 12.5 Å². The first-order chi connectivity index (χ1) is 11.6. The lowest BCUT2D eigenvalue weighted by atomic mass is 10.2. The van der Waals surface area contributed by atoms with E-state index in [1.165, 1.54) is 6.21 Å². The lowest BCUT2D eigenvalue weighted by molar-refractivity contribution is -0.123. The predicted octanol–water partition coefficient (Wildman–Crippen LogP) is 3.92. The molecule has 5 nitrogen and oxygen atoms in total. The molecule has 0 aliphatic rings. The Bertz CT molecular complexity index is 736. The van der Waals surface area contributed by atoms with Crippen LogP contribution in [-0.4, -0.2) is 25.3 Å². The van der Waals surface area contributed by atoms with E-state index in [1.54, 1.807) is 36.4 Å². The maximum atomic E-state index is 11.8. The first-order valence-electron chi connectivity index (χ1n) is 7.21. The van der Waals surface area contributed by atoms with Gasteiger partial charge in [0.25, 0.3) is 5.91 Å². The summed E-state index contributed by atoms with van der Waals surface area (Å²) in [6.45, 7) is 2.21.